The van der Waals surface area contributed by atoms with Gasteiger partial charge in [0.15, 0.2) is 0 Å². The van der Waals surface area contributed by atoms with Crippen LogP contribution in [0.1, 0.15) is 32.6 Å². The Bertz CT molecular complexity index is 616. The molecule has 2 saturated carbocycles. The molecule has 1 N–H and O–H groups in total. The lowest BCUT2D eigenvalue weighted by atomic mass is 9.84. The minimum absolute atomic E-state index is 0.566. The van der Waals surface area contributed by atoms with E-state index in [1.54, 1.807) is 0 Å². The lowest BCUT2D eigenvalue weighted by molar-refractivity contribution is 0.304. The van der Waals surface area contributed by atoms with Gasteiger partial charge in [0, 0.05) is 23.3 Å². The van der Waals surface area contributed by atoms with Crippen LogP contribution in [-0.4, -0.2) is 11.0 Å². The number of hydrogen-bond donors (Lipinski definition) is 1. The molecule has 4 atom stereocenters. The molecule has 104 valence electrons. The molecule has 0 aliphatic heterocycles. The number of nitrogens with zero attached hydrogens (tertiary/aromatic N) is 1. The molecule has 0 radical (unpaired) electrons. The average Bonchev–Trinajstić information content (AvgIpc) is 3.10. The number of nitrogens with one attached hydrogen (secondary N) is 1. The van der Waals surface area contributed by atoms with Gasteiger partial charge in [0.2, 0.25) is 0 Å². The maximum absolute atomic E-state index is 4.44. The zero-order valence-electron chi connectivity index (χ0n) is 12.0. The fraction of sp³-hybridized carbons (Fsp3) is 0.500. The Kier molecular flexibility index (Phi) is 2.90. The van der Waals surface area contributed by atoms with Crippen molar-refractivity contribution in [3.63, 3.8) is 0 Å². The van der Waals surface area contributed by atoms with Crippen LogP contribution < -0.4 is 5.32 Å². The van der Waals surface area contributed by atoms with Crippen LogP contribution >= 0.6 is 0 Å². The van der Waals surface area contributed by atoms with Gasteiger partial charge in [-0.25, -0.2) is 0 Å². The van der Waals surface area contributed by atoms with Crippen molar-refractivity contribution < 1.29 is 0 Å². The standard InChI is InChI=1S/C18H22N2/c1-12(16-11-13-6-7-14(16)10-13)20-18-8-9-19-17-5-3-2-4-15(17)18/h2-5,8-9,12-14,16H,6-7,10-11H2,1H3,(H,19,20). The van der Waals surface area contributed by atoms with E-state index in [0.29, 0.717) is 6.04 Å². The molecule has 2 bridgehead atoms. The summed E-state index contributed by atoms with van der Waals surface area (Å²) in [6.45, 7) is 2.36. The van der Waals surface area contributed by atoms with Gasteiger partial charge in [0.25, 0.3) is 0 Å². The van der Waals surface area contributed by atoms with Gasteiger partial charge >= 0.3 is 0 Å². The third-order valence-electron chi connectivity index (χ3n) is 5.47. The van der Waals surface area contributed by atoms with Gasteiger partial charge in [0.05, 0.1) is 5.52 Å². The molecule has 2 nitrogen and oxygen atoms in total. The fourth-order valence-electron chi connectivity index (χ4n) is 4.48. The van der Waals surface area contributed by atoms with Gasteiger partial charge in [-0.05, 0) is 56.1 Å². The number of anilines is 1. The maximum atomic E-state index is 4.44. The second-order valence-corrected chi connectivity index (χ2v) is 6.65. The van der Waals surface area contributed by atoms with Crippen LogP contribution in [0.25, 0.3) is 10.9 Å². The van der Waals surface area contributed by atoms with Crippen LogP contribution in [0.15, 0.2) is 36.5 Å². The van der Waals surface area contributed by atoms with Gasteiger partial charge in [-0.1, -0.05) is 24.6 Å². The molecular weight excluding hydrogens is 244 g/mol. The summed E-state index contributed by atoms with van der Waals surface area (Å²) in [6, 6.07) is 11.1. The lowest BCUT2D eigenvalue weighted by Crippen LogP contribution is -2.30. The van der Waals surface area contributed by atoms with Crippen molar-refractivity contribution in [3.05, 3.63) is 36.5 Å². The molecule has 4 unspecified atom stereocenters. The Morgan fingerprint density at radius 1 is 1.15 bits per heavy atom. The van der Waals surface area contributed by atoms with E-state index in [9.17, 15) is 0 Å². The van der Waals surface area contributed by atoms with E-state index >= 15 is 0 Å². The molecule has 2 aliphatic carbocycles. The SMILES string of the molecule is CC(Nc1ccnc2ccccc12)C1CC2CCC1C2. The lowest BCUT2D eigenvalue weighted by Gasteiger charge is -2.29. The first-order chi connectivity index (χ1) is 9.81. The molecule has 1 heterocycles. The highest BCUT2D eigenvalue weighted by Gasteiger charge is 2.41. The molecular formula is C18H22N2. The number of benzene rings is 1. The van der Waals surface area contributed by atoms with Crippen molar-refractivity contribution in [2.45, 2.75) is 38.6 Å². The van der Waals surface area contributed by atoms with Crippen molar-refractivity contribution in [3.8, 4) is 0 Å². The number of rotatable bonds is 3. The summed E-state index contributed by atoms with van der Waals surface area (Å²) in [5, 5.41) is 5.01. The molecule has 0 amide bonds. The zero-order valence-corrected chi connectivity index (χ0v) is 12.0. The summed E-state index contributed by atoms with van der Waals surface area (Å²) in [5.41, 5.74) is 2.32. The van der Waals surface area contributed by atoms with E-state index in [4.69, 9.17) is 0 Å². The predicted octanol–water partition coefficient (Wildman–Crippen LogP) is 4.47. The van der Waals surface area contributed by atoms with Crippen LogP contribution in [0.5, 0.6) is 0 Å². The molecule has 2 fully saturated rings. The molecule has 0 saturated heterocycles. The molecule has 2 heteroatoms. The van der Waals surface area contributed by atoms with Crippen LogP contribution in [0.3, 0.4) is 0 Å². The monoisotopic (exact) mass is 266 g/mol. The van der Waals surface area contributed by atoms with E-state index in [0.717, 1.165) is 23.3 Å². The number of aromatic nitrogens is 1. The summed E-state index contributed by atoms with van der Waals surface area (Å²) >= 11 is 0. The van der Waals surface area contributed by atoms with E-state index in [1.165, 1.54) is 36.8 Å². The Labute approximate surface area is 120 Å². The minimum Gasteiger partial charge on any atom is -0.382 e. The molecule has 2 aliphatic rings. The first kappa shape index (κ1) is 12.2. The Balaban J connectivity index is 1.58. The van der Waals surface area contributed by atoms with E-state index in [1.807, 2.05) is 6.20 Å². The molecule has 2 aromatic rings. The average molecular weight is 266 g/mol. The molecule has 20 heavy (non-hydrogen) atoms. The van der Waals surface area contributed by atoms with Gasteiger partial charge < -0.3 is 5.32 Å². The van der Waals surface area contributed by atoms with Crippen LogP contribution in [0.4, 0.5) is 5.69 Å². The molecule has 4 rings (SSSR count). The Morgan fingerprint density at radius 2 is 2.05 bits per heavy atom. The maximum Gasteiger partial charge on any atom is 0.0722 e. The van der Waals surface area contributed by atoms with Gasteiger partial charge in [-0.3, -0.25) is 4.98 Å². The summed E-state index contributed by atoms with van der Waals surface area (Å²) in [5.74, 6) is 2.85. The smallest absolute Gasteiger partial charge is 0.0722 e. The quantitative estimate of drug-likeness (QED) is 0.886. The van der Waals surface area contributed by atoms with Crippen LogP contribution in [0.2, 0.25) is 0 Å². The summed E-state index contributed by atoms with van der Waals surface area (Å²) in [4.78, 5) is 4.44. The predicted molar refractivity (Wildman–Crippen MR) is 83.8 cm³/mol. The zero-order chi connectivity index (χ0) is 13.5. The van der Waals surface area contributed by atoms with Gasteiger partial charge in [0.1, 0.15) is 0 Å². The molecule has 1 aromatic heterocycles. The molecule has 0 spiro atoms. The normalized spacial score (nSPS) is 29.8. The van der Waals surface area contributed by atoms with Crippen molar-refractivity contribution in [1.29, 1.82) is 0 Å². The van der Waals surface area contributed by atoms with Crippen LogP contribution in [0, 0.1) is 17.8 Å². The second-order valence-electron chi connectivity index (χ2n) is 6.65. The van der Waals surface area contributed by atoms with Crippen LogP contribution in [-0.2, 0) is 0 Å². The van der Waals surface area contributed by atoms with Crippen molar-refractivity contribution in [2.24, 2.45) is 17.8 Å². The highest BCUT2D eigenvalue weighted by Crippen LogP contribution is 2.49. The summed E-state index contributed by atoms with van der Waals surface area (Å²) in [6.07, 6.45) is 7.76. The highest BCUT2D eigenvalue weighted by molar-refractivity contribution is 5.90. The van der Waals surface area contributed by atoms with E-state index < -0.39 is 0 Å². The van der Waals surface area contributed by atoms with E-state index in [-0.39, 0.29) is 0 Å². The van der Waals surface area contributed by atoms with Crippen molar-refractivity contribution >= 4 is 16.6 Å². The summed E-state index contributed by atoms with van der Waals surface area (Å²) < 4.78 is 0. The molecule has 1 aromatic carbocycles. The van der Waals surface area contributed by atoms with Gasteiger partial charge in [-0.15, -0.1) is 0 Å². The number of para-hydroxylation sites is 1. The number of pyridine rings is 1. The number of hydrogen-bond acceptors (Lipinski definition) is 2. The Hall–Kier alpha value is -1.57. The van der Waals surface area contributed by atoms with E-state index in [2.05, 4.69) is 47.6 Å². The number of fused-ring (bicyclic) bond motifs is 3. The topological polar surface area (TPSA) is 24.9 Å². The van der Waals surface area contributed by atoms with Crippen molar-refractivity contribution in [2.75, 3.05) is 5.32 Å². The second kappa shape index (κ2) is 4.76. The van der Waals surface area contributed by atoms with Crippen molar-refractivity contribution in [1.82, 2.24) is 4.98 Å². The summed E-state index contributed by atoms with van der Waals surface area (Å²) in [7, 11) is 0. The van der Waals surface area contributed by atoms with Gasteiger partial charge in [-0.2, -0.15) is 0 Å². The fourth-order valence-corrected chi connectivity index (χ4v) is 4.48. The third kappa shape index (κ3) is 1.98. The minimum atomic E-state index is 0.566. The largest absolute Gasteiger partial charge is 0.382 e. The Morgan fingerprint density at radius 3 is 2.85 bits per heavy atom. The first-order valence-corrected chi connectivity index (χ1v) is 7.91. The third-order valence-corrected chi connectivity index (χ3v) is 5.47. The first-order valence-electron chi connectivity index (χ1n) is 7.91. The highest BCUT2D eigenvalue weighted by atomic mass is 14.9.